The van der Waals surface area contributed by atoms with Gasteiger partial charge >= 0.3 is 0 Å². The van der Waals surface area contributed by atoms with E-state index in [2.05, 4.69) is 17.9 Å². The van der Waals surface area contributed by atoms with Gasteiger partial charge in [-0.25, -0.2) is 0 Å². The molecule has 3 aromatic rings. The van der Waals surface area contributed by atoms with E-state index in [0.29, 0.717) is 41.8 Å². The molecule has 0 saturated heterocycles. The summed E-state index contributed by atoms with van der Waals surface area (Å²) in [4.78, 5) is 17.9. The Morgan fingerprint density at radius 2 is 1.70 bits per heavy atom. The highest BCUT2D eigenvalue weighted by atomic mass is 35.5. The summed E-state index contributed by atoms with van der Waals surface area (Å²) in [5, 5.41) is 11.1. The van der Waals surface area contributed by atoms with Crippen LogP contribution in [0.5, 0.6) is 0 Å². The molecule has 1 amide bonds. The molecule has 0 radical (unpaired) electrons. The van der Waals surface area contributed by atoms with Gasteiger partial charge in [-0.15, -0.1) is 0 Å². The van der Waals surface area contributed by atoms with Crippen LogP contribution in [-0.4, -0.2) is 59.7 Å². The number of fused-ring (bicyclic) bond motifs is 3. The molecule has 196 valence electrons. The monoisotopic (exact) mass is 540 g/mol. The first kappa shape index (κ1) is 27.6. The molecule has 0 unspecified atom stereocenters. The largest absolute Gasteiger partial charge is 0.394 e. The predicted molar refractivity (Wildman–Crippen MR) is 150 cm³/mol. The summed E-state index contributed by atoms with van der Waals surface area (Å²) in [6, 6.07) is 21.1. The van der Waals surface area contributed by atoms with Gasteiger partial charge in [0.05, 0.1) is 35.4 Å². The SMILES string of the molecule is C[C@@H]1CN([C@H](C)CO)C(=O)c2ccccc2-c2ccccc2CO[C@@H]1CN(C)Cc1ccc(Cl)c(Cl)c1. The molecule has 5 nitrogen and oxygen atoms in total. The topological polar surface area (TPSA) is 53.0 Å². The normalized spacial score (nSPS) is 19.2. The Bertz CT molecular complexity index is 1230. The van der Waals surface area contributed by atoms with Crippen LogP contribution in [0.25, 0.3) is 11.1 Å². The number of carbonyl (C=O) groups is 1. The molecular formula is C30H34Cl2N2O3. The van der Waals surface area contributed by atoms with Crippen molar-refractivity contribution in [2.45, 2.75) is 39.1 Å². The summed E-state index contributed by atoms with van der Waals surface area (Å²) in [6.45, 7) is 6.12. The zero-order chi connectivity index (χ0) is 26.5. The zero-order valence-corrected chi connectivity index (χ0v) is 23.0. The molecule has 4 rings (SSSR count). The number of ether oxygens (including phenoxy) is 1. The molecule has 0 fully saturated rings. The third kappa shape index (κ3) is 6.54. The summed E-state index contributed by atoms with van der Waals surface area (Å²) in [5.74, 6) is -0.0600. The number of aliphatic hydroxyl groups is 1. The number of rotatable bonds is 6. The fourth-order valence-electron chi connectivity index (χ4n) is 4.87. The van der Waals surface area contributed by atoms with E-state index >= 15 is 0 Å². The van der Waals surface area contributed by atoms with Gasteiger partial charge in [0.15, 0.2) is 0 Å². The molecule has 1 N–H and O–H groups in total. The Kier molecular flexibility index (Phi) is 9.27. The Labute approximate surface area is 229 Å². The van der Waals surface area contributed by atoms with E-state index in [1.807, 2.05) is 74.6 Å². The lowest BCUT2D eigenvalue weighted by atomic mass is 9.94. The lowest BCUT2D eigenvalue weighted by Crippen LogP contribution is -2.47. The summed E-state index contributed by atoms with van der Waals surface area (Å²) in [6.07, 6.45) is -0.150. The van der Waals surface area contributed by atoms with Crippen molar-refractivity contribution in [1.82, 2.24) is 9.80 Å². The maximum absolute atomic E-state index is 13.9. The number of hydrogen-bond acceptors (Lipinski definition) is 4. The standard InChI is InChI=1S/C30H34Cl2N2O3/c1-20-15-34(21(2)18-35)30(36)26-11-7-6-10-25(26)24-9-5-4-8-23(24)19-37-29(20)17-33(3)16-22-12-13-27(31)28(32)14-22/h4-14,20-21,29,35H,15-19H2,1-3H3/t20-,21-,29-/m1/s1. The van der Waals surface area contributed by atoms with Crippen LogP contribution in [0.3, 0.4) is 0 Å². The minimum Gasteiger partial charge on any atom is -0.394 e. The van der Waals surface area contributed by atoms with Crippen molar-refractivity contribution in [3.63, 3.8) is 0 Å². The summed E-state index contributed by atoms with van der Waals surface area (Å²) in [7, 11) is 2.05. The van der Waals surface area contributed by atoms with Crippen molar-refractivity contribution in [2.75, 3.05) is 26.7 Å². The number of hydrogen-bond donors (Lipinski definition) is 1. The Hall–Kier alpha value is -2.41. The predicted octanol–water partition coefficient (Wildman–Crippen LogP) is 6.15. The second kappa shape index (κ2) is 12.4. The van der Waals surface area contributed by atoms with Crippen LogP contribution >= 0.6 is 23.2 Å². The lowest BCUT2D eigenvalue weighted by molar-refractivity contribution is -0.0241. The van der Waals surface area contributed by atoms with Crippen molar-refractivity contribution in [3.8, 4) is 11.1 Å². The molecule has 0 saturated carbocycles. The van der Waals surface area contributed by atoms with E-state index in [0.717, 1.165) is 22.3 Å². The van der Waals surface area contributed by atoms with Crippen LogP contribution < -0.4 is 0 Å². The lowest BCUT2D eigenvalue weighted by Gasteiger charge is -2.35. The molecule has 1 heterocycles. The van der Waals surface area contributed by atoms with E-state index in [-0.39, 0.29) is 30.6 Å². The molecule has 7 heteroatoms. The Balaban J connectivity index is 1.66. The highest BCUT2D eigenvalue weighted by molar-refractivity contribution is 6.42. The second-order valence-electron chi connectivity index (χ2n) is 9.96. The Morgan fingerprint density at radius 3 is 2.41 bits per heavy atom. The van der Waals surface area contributed by atoms with Gasteiger partial charge in [0.1, 0.15) is 0 Å². The van der Waals surface area contributed by atoms with E-state index < -0.39 is 0 Å². The third-order valence-electron chi connectivity index (χ3n) is 7.02. The molecule has 1 aliphatic rings. The molecule has 0 aromatic heterocycles. The average molecular weight is 542 g/mol. The van der Waals surface area contributed by atoms with Crippen molar-refractivity contribution in [2.24, 2.45) is 5.92 Å². The number of halogens is 2. The van der Waals surface area contributed by atoms with Gasteiger partial charge in [0.25, 0.3) is 5.91 Å². The van der Waals surface area contributed by atoms with Crippen molar-refractivity contribution < 1.29 is 14.6 Å². The second-order valence-corrected chi connectivity index (χ2v) is 10.8. The molecule has 3 atom stereocenters. The molecule has 0 aliphatic carbocycles. The smallest absolute Gasteiger partial charge is 0.254 e. The van der Waals surface area contributed by atoms with Gasteiger partial charge in [-0.05, 0) is 54.4 Å². The fraction of sp³-hybridized carbons (Fsp3) is 0.367. The van der Waals surface area contributed by atoms with E-state index in [1.165, 1.54) is 0 Å². The minimum atomic E-state index is -0.325. The van der Waals surface area contributed by atoms with Gasteiger partial charge in [-0.3, -0.25) is 9.69 Å². The number of carbonyl (C=O) groups excluding carboxylic acids is 1. The number of likely N-dealkylation sites (N-methyl/N-ethyl adjacent to an activating group) is 1. The molecule has 37 heavy (non-hydrogen) atoms. The third-order valence-corrected chi connectivity index (χ3v) is 7.76. The first-order valence-corrected chi connectivity index (χ1v) is 13.4. The van der Waals surface area contributed by atoms with Gasteiger partial charge < -0.3 is 14.7 Å². The maximum Gasteiger partial charge on any atom is 0.254 e. The summed E-state index contributed by atoms with van der Waals surface area (Å²) < 4.78 is 6.59. The first-order chi connectivity index (χ1) is 17.8. The van der Waals surface area contributed by atoms with Crippen LogP contribution in [0.1, 0.15) is 35.3 Å². The van der Waals surface area contributed by atoms with E-state index in [9.17, 15) is 9.90 Å². The molecule has 1 aliphatic heterocycles. The van der Waals surface area contributed by atoms with Crippen LogP contribution in [0.4, 0.5) is 0 Å². The van der Waals surface area contributed by atoms with Gasteiger partial charge in [0, 0.05) is 31.1 Å². The summed E-state index contributed by atoms with van der Waals surface area (Å²) in [5.41, 5.74) is 4.60. The van der Waals surface area contributed by atoms with Crippen LogP contribution in [0.15, 0.2) is 66.7 Å². The summed E-state index contributed by atoms with van der Waals surface area (Å²) >= 11 is 12.3. The number of benzene rings is 3. The van der Waals surface area contributed by atoms with Gasteiger partial charge in [-0.2, -0.15) is 0 Å². The van der Waals surface area contributed by atoms with Crippen molar-refractivity contribution in [3.05, 3.63) is 93.5 Å². The molecular weight excluding hydrogens is 507 g/mol. The van der Waals surface area contributed by atoms with Crippen LogP contribution in [-0.2, 0) is 17.9 Å². The molecule has 0 spiro atoms. The first-order valence-electron chi connectivity index (χ1n) is 12.6. The van der Waals surface area contributed by atoms with Crippen LogP contribution in [0, 0.1) is 5.92 Å². The maximum atomic E-state index is 13.9. The van der Waals surface area contributed by atoms with Crippen LogP contribution in [0.2, 0.25) is 10.0 Å². The molecule has 3 aromatic carbocycles. The number of aliphatic hydroxyl groups excluding tert-OH is 1. The van der Waals surface area contributed by atoms with Crippen molar-refractivity contribution >= 4 is 29.1 Å². The van der Waals surface area contributed by atoms with Crippen molar-refractivity contribution in [1.29, 1.82) is 0 Å². The zero-order valence-electron chi connectivity index (χ0n) is 21.5. The molecule has 0 bridgehead atoms. The number of amides is 1. The highest BCUT2D eigenvalue weighted by Crippen LogP contribution is 2.31. The number of nitrogens with zero attached hydrogens (tertiary/aromatic N) is 2. The van der Waals surface area contributed by atoms with E-state index in [1.54, 1.807) is 4.90 Å². The van der Waals surface area contributed by atoms with Gasteiger partial charge in [-0.1, -0.05) is 78.7 Å². The highest BCUT2D eigenvalue weighted by Gasteiger charge is 2.30. The quantitative estimate of drug-likeness (QED) is 0.407. The Morgan fingerprint density at radius 1 is 1.03 bits per heavy atom. The van der Waals surface area contributed by atoms with Gasteiger partial charge in [0.2, 0.25) is 0 Å². The van der Waals surface area contributed by atoms with E-state index in [4.69, 9.17) is 27.9 Å². The average Bonchev–Trinajstić information content (AvgIpc) is 2.92. The fourth-order valence-corrected chi connectivity index (χ4v) is 5.19. The minimum absolute atomic E-state index is 0.0200.